The molecule has 1 unspecified atom stereocenters. The van der Waals surface area contributed by atoms with E-state index in [0.29, 0.717) is 13.2 Å². The Morgan fingerprint density at radius 3 is 2.95 bits per heavy atom. The molecule has 0 saturated carbocycles. The van der Waals surface area contributed by atoms with Crippen molar-refractivity contribution in [1.82, 2.24) is 9.29 Å². The van der Waals surface area contributed by atoms with E-state index < -0.39 is 10.0 Å². The minimum Gasteiger partial charge on any atom is -0.382 e. The van der Waals surface area contributed by atoms with Gasteiger partial charge >= 0.3 is 0 Å². The smallest absolute Gasteiger partial charge is 0.244 e. The average Bonchev–Trinajstić information content (AvgIpc) is 2.85. The number of nitrogen functional groups attached to an aromatic ring is 1. The molecule has 0 bridgehead atoms. The molecule has 0 aromatic carbocycles. The summed E-state index contributed by atoms with van der Waals surface area (Å²) in [4.78, 5) is 3.80. The van der Waals surface area contributed by atoms with Crippen LogP contribution in [0.4, 0.5) is 5.82 Å². The molecule has 1 aliphatic heterocycles. The van der Waals surface area contributed by atoms with Gasteiger partial charge in [-0.05, 0) is 18.9 Å². The van der Waals surface area contributed by atoms with Crippen LogP contribution in [0.25, 0.3) is 0 Å². The van der Waals surface area contributed by atoms with Crippen molar-refractivity contribution >= 4 is 27.4 Å². The zero-order valence-electron chi connectivity index (χ0n) is 10.5. The number of aromatic nitrogens is 1. The first-order valence-corrected chi connectivity index (χ1v) is 7.72. The van der Waals surface area contributed by atoms with Crippen molar-refractivity contribution in [2.24, 2.45) is 0 Å². The number of anilines is 1. The van der Waals surface area contributed by atoms with Gasteiger partial charge in [-0.15, -0.1) is 0 Å². The molecule has 0 spiro atoms. The molecule has 6 nitrogen and oxygen atoms in total. The molecule has 106 valence electrons. The van der Waals surface area contributed by atoms with Crippen LogP contribution in [0.3, 0.4) is 0 Å². The van der Waals surface area contributed by atoms with Gasteiger partial charge in [-0.1, -0.05) is 11.6 Å². The van der Waals surface area contributed by atoms with Crippen molar-refractivity contribution in [3.63, 3.8) is 0 Å². The zero-order chi connectivity index (χ0) is 14.0. The molecule has 8 heteroatoms. The second-order valence-corrected chi connectivity index (χ2v) is 6.91. The van der Waals surface area contributed by atoms with E-state index in [-0.39, 0.29) is 21.8 Å². The third-order valence-electron chi connectivity index (χ3n) is 3.04. The zero-order valence-corrected chi connectivity index (χ0v) is 12.1. The van der Waals surface area contributed by atoms with Gasteiger partial charge in [-0.3, -0.25) is 0 Å². The van der Waals surface area contributed by atoms with E-state index in [1.165, 1.54) is 23.6 Å². The van der Waals surface area contributed by atoms with Gasteiger partial charge in [0, 0.05) is 26.4 Å². The maximum absolute atomic E-state index is 12.3. The van der Waals surface area contributed by atoms with Gasteiger partial charge in [0.2, 0.25) is 10.0 Å². The van der Waals surface area contributed by atoms with Gasteiger partial charge in [-0.2, -0.15) is 4.31 Å². The first-order valence-electron chi connectivity index (χ1n) is 5.90. The number of sulfonamides is 1. The van der Waals surface area contributed by atoms with Gasteiger partial charge in [-0.25, -0.2) is 13.4 Å². The lowest BCUT2D eigenvalue weighted by Gasteiger charge is -2.20. The number of pyridine rings is 1. The summed E-state index contributed by atoms with van der Waals surface area (Å²) < 4.78 is 31.3. The number of ether oxygens (including phenoxy) is 1. The van der Waals surface area contributed by atoms with Crippen LogP contribution in [0.2, 0.25) is 5.02 Å². The van der Waals surface area contributed by atoms with Gasteiger partial charge in [0.05, 0.1) is 11.1 Å². The van der Waals surface area contributed by atoms with Crippen molar-refractivity contribution < 1.29 is 13.2 Å². The Bertz CT molecular complexity index is 558. The van der Waals surface area contributed by atoms with Crippen LogP contribution in [0.15, 0.2) is 17.2 Å². The third kappa shape index (κ3) is 3.17. The SMILES string of the molecule is CN(CC1CCCO1)S(=O)(=O)c1cnc(N)c(Cl)c1. The van der Waals surface area contributed by atoms with E-state index in [9.17, 15) is 8.42 Å². The molecular formula is C11H16ClN3O3S. The summed E-state index contributed by atoms with van der Waals surface area (Å²) in [6.45, 7) is 1.01. The van der Waals surface area contributed by atoms with Crippen molar-refractivity contribution in [3.8, 4) is 0 Å². The molecule has 1 aromatic rings. The fourth-order valence-electron chi connectivity index (χ4n) is 1.93. The minimum atomic E-state index is -3.61. The maximum Gasteiger partial charge on any atom is 0.244 e. The molecule has 2 heterocycles. The number of likely N-dealkylation sites (N-methyl/N-ethyl adjacent to an activating group) is 1. The Hall–Kier alpha value is -0.890. The van der Waals surface area contributed by atoms with Crippen molar-refractivity contribution in [2.45, 2.75) is 23.8 Å². The van der Waals surface area contributed by atoms with E-state index in [2.05, 4.69) is 4.98 Å². The van der Waals surface area contributed by atoms with Gasteiger partial charge in [0.25, 0.3) is 0 Å². The summed E-state index contributed by atoms with van der Waals surface area (Å²) in [5, 5.41) is 0.131. The summed E-state index contributed by atoms with van der Waals surface area (Å²) in [5.41, 5.74) is 5.47. The lowest BCUT2D eigenvalue weighted by Crippen LogP contribution is -2.34. The Labute approximate surface area is 117 Å². The molecule has 2 N–H and O–H groups in total. The first-order chi connectivity index (χ1) is 8.91. The lowest BCUT2D eigenvalue weighted by atomic mass is 10.2. The van der Waals surface area contributed by atoms with E-state index in [4.69, 9.17) is 22.1 Å². The van der Waals surface area contributed by atoms with Crippen LogP contribution < -0.4 is 5.73 Å². The molecule has 0 aliphatic carbocycles. The number of hydrogen-bond donors (Lipinski definition) is 1. The molecule has 19 heavy (non-hydrogen) atoms. The third-order valence-corrected chi connectivity index (χ3v) is 5.13. The maximum atomic E-state index is 12.3. The van der Waals surface area contributed by atoms with Crippen LogP contribution in [0.1, 0.15) is 12.8 Å². The molecular weight excluding hydrogens is 290 g/mol. The largest absolute Gasteiger partial charge is 0.382 e. The number of halogens is 1. The number of nitrogens with zero attached hydrogens (tertiary/aromatic N) is 2. The van der Waals surface area contributed by atoms with Crippen LogP contribution in [0, 0.1) is 0 Å². The molecule has 1 atom stereocenters. The molecule has 2 rings (SSSR count). The van der Waals surface area contributed by atoms with Gasteiger partial charge in [0.15, 0.2) is 0 Å². The van der Waals surface area contributed by atoms with E-state index >= 15 is 0 Å². The summed E-state index contributed by atoms with van der Waals surface area (Å²) in [7, 11) is -2.10. The molecule has 0 amide bonds. The van der Waals surface area contributed by atoms with Crippen molar-refractivity contribution in [1.29, 1.82) is 0 Å². The number of nitrogens with two attached hydrogens (primary N) is 1. The highest BCUT2D eigenvalue weighted by Gasteiger charge is 2.26. The monoisotopic (exact) mass is 305 g/mol. The molecule has 1 saturated heterocycles. The predicted molar refractivity (Wildman–Crippen MR) is 72.4 cm³/mol. The van der Waals surface area contributed by atoms with Crippen LogP contribution in [-0.4, -0.2) is 44.0 Å². The van der Waals surface area contributed by atoms with E-state index in [0.717, 1.165) is 12.8 Å². The highest BCUT2D eigenvalue weighted by atomic mass is 35.5. The van der Waals surface area contributed by atoms with Crippen LogP contribution in [-0.2, 0) is 14.8 Å². The van der Waals surface area contributed by atoms with E-state index in [1.807, 2.05) is 0 Å². The Morgan fingerprint density at radius 2 is 2.37 bits per heavy atom. The van der Waals surface area contributed by atoms with Crippen molar-refractivity contribution in [3.05, 3.63) is 17.3 Å². The number of rotatable bonds is 4. The Kier molecular flexibility index (Phi) is 4.29. The number of hydrogen-bond acceptors (Lipinski definition) is 5. The Balaban J connectivity index is 2.18. The van der Waals surface area contributed by atoms with Crippen molar-refractivity contribution in [2.75, 3.05) is 25.9 Å². The minimum absolute atomic E-state index is 0.0344. The van der Waals surface area contributed by atoms with Crippen LogP contribution in [0.5, 0.6) is 0 Å². The summed E-state index contributed by atoms with van der Waals surface area (Å²) in [5.74, 6) is 0.113. The fourth-order valence-corrected chi connectivity index (χ4v) is 3.33. The standard InChI is InChI=1S/C11H16ClN3O3S/c1-15(7-8-3-2-4-18-8)19(16,17)9-5-10(12)11(13)14-6-9/h5-6,8H,2-4,7H2,1H3,(H2,13,14). The average molecular weight is 306 g/mol. The quantitative estimate of drug-likeness (QED) is 0.901. The topological polar surface area (TPSA) is 85.5 Å². The Morgan fingerprint density at radius 1 is 1.63 bits per heavy atom. The highest BCUT2D eigenvalue weighted by Crippen LogP contribution is 2.23. The van der Waals surface area contributed by atoms with Gasteiger partial charge in [0.1, 0.15) is 10.7 Å². The molecule has 1 aliphatic rings. The van der Waals surface area contributed by atoms with Gasteiger partial charge < -0.3 is 10.5 Å². The lowest BCUT2D eigenvalue weighted by molar-refractivity contribution is 0.0979. The predicted octanol–water partition coefficient (Wildman–Crippen LogP) is 1.12. The second-order valence-electron chi connectivity index (χ2n) is 4.46. The summed E-state index contributed by atoms with van der Waals surface area (Å²) in [6.07, 6.45) is 3.01. The molecule has 1 aromatic heterocycles. The van der Waals surface area contributed by atoms with E-state index in [1.54, 1.807) is 0 Å². The molecule has 0 radical (unpaired) electrons. The second kappa shape index (κ2) is 5.62. The highest BCUT2D eigenvalue weighted by molar-refractivity contribution is 7.89. The molecule has 1 fully saturated rings. The normalized spacial score (nSPS) is 20.1. The summed E-state index contributed by atoms with van der Waals surface area (Å²) >= 11 is 5.80. The summed E-state index contributed by atoms with van der Waals surface area (Å²) in [6, 6.07) is 1.31. The fraction of sp³-hybridized carbons (Fsp3) is 0.545. The van der Waals surface area contributed by atoms with Crippen LogP contribution >= 0.6 is 11.6 Å². The first kappa shape index (κ1) is 14.5.